The Morgan fingerprint density at radius 3 is 2.71 bits per heavy atom. The first-order valence-corrected chi connectivity index (χ1v) is 4.52. The van der Waals surface area contributed by atoms with E-state index in [9.17, 15) is 0 Å². The highest BCUT2D eigenvalue weighted by Crippen LogP contribution is 2.24. The molecular formula is C12H15NO. The predicted octanol–water partition coefficient (Wildman–Crippen LogP) is 2.80. The molecule has 0 saturated heterocycles. The first kappa shape index (κ1) is 10.5. The van der Waals surface area contributed by atoms with E-state index in [0.29, 0.717) is 0 Å². The molecule has 1 aromatic rings. The summed E-state index contributed by atoms with van der Waals surface area (Å²) in [6.45, 7) is 2.04. The van der Waals surface area contributed by atoms with Crippen LogP contribution in [0, 0.1) is 0 Å². The molecule has 0 unspecified atom stereocenters. The molecule has 0 bridgehead atoms. The molecule has 1 rings (SSSR count). The molecule has 0 atom stereocenters. The van der Waals surface area contributed by atoms with Gasteiger partial charge in [0.05, 0.1) is 7.11 Å². The molecule has 0 aromatic heterocycles. The average molecular weight is 189 g/mol. The van der Waals surface area contributed by atoms with Crippen LogP contribution in [0.1, 0.15) is 12.5 Å². The molecule has 0 amide bonds. The Kier molecular flexibility index (Phi) is 3.92. The first-order chi connectivity index (χ1) is 6.79. The normalized spacial score (nSPS) is 12.1. The predicted molar refractivity (Wildman–Crippen MR) is 61.1 cm³/mol. The van der Waals surface area contributed by atoms with Gasteiger partial charge >= 0.3 is 0 Å². The second-order valence-corrected chi connectivity index (χ2v) is 2.96. The molecule has 0 spiro atoms. The van der Waals surface area contributed by atoms with Gasteiger partial charge in [-0.2, -0.15) is 0 Å². The SMILES string of the molecule is CN=C/C=C(\C)c1ccccc1OC. The third-order valence-corrected chi connectivity index (χ3v) is 2.01. The molecule has 0 aliphatic carbocycles. The van der Waals surface area contributed by atoms with E-state index in [1.54, 1.807) is 20.4 Å². The topological polar surface area (TPSA) is 21.6 Å². The first-order valence-electron chi connectivity index (χ1n) is 4.52. The van der Waals surface area contributed by atoms with Gasteiger partial charge in [0.25, 0.3) is 0 Å². The van der Waals surface area contributed by atoms with Crippen molar-refractivity contribution >= 4 is 11.8 Å². The molecule has 0 saturated carbocycles. The minimum absolute atomic E-state index is 0.894. The fourth-order valence-electron chi connectivity index (χ4n) is 1.25. The Bertz CT molecular complexity index is 353. The van der Waals surface area contributed by atoms with Crippen LogP contribution in [0.4, 0.5) is 0 Å². The lowest BCUT2D eigenvalue weighted by atomic mass is 10.1. The monoisotopic (exact) mass is 189 g/mol. The van der Waals surface area contributed by atoms with Crippen molar-refractivity contribution in [3.63, 3.8) is 0 Å². The van der Waals surface area contributed by atoms with Gasteiger partial charge in [-0.15, -0.1) is 0 Å². The Morgan fingerprint density at radius 1 is 1.36 bits per heavy atom. The quantitative estimate of drug-likeness (QED) is 0.670. The van der Waals surface area contributed by atoms with Crippen LogP contribution in [0.2, 0.25) is 0 Å². The molecule has 2 nitrogen and oxygen atoms in total. The van der Waals surface area contributed by atoms with Crippen LogP contribution in [0.3, 0.4) is 0 Å². The van der Waals surface area contributed by atoms with Crippen LogP contribution in [-0.2, 0) is 0 Å². The van der Waals surface area contributed by atoms with Gasteiger partial charge in [-0.05, 0) is 24.6 Å². The van der Waals surface area contributed by atoms with E-state index in [2.05, 4.69) is 4.99 Å². The van der Waals surface area contributed by atoms with Crippen molar-refractivity contribution in [2.24, 2.45) is 4.99 Å². The van der Waals surface area contributed by atoms with Crippen molar-refractivity contribution in [1.82, 2.24) is 0 Å². The smallest absolute Gasteiger partial charge is 0.126 e. The van der Waals surface area contributed by atoms with Gasteiger partial charge in [-0.25, -0.2) is 0 Å². The lowest BCUT2D eigenvalue weighted by Gasteiger charge is -2.07. The van der Waals surface area contributed by atoms with Gasteiger partial charge in [-0.3, -0.25) is 4.99 Å². The van der Waals surface area contributed by atoms with E-state index >= 15 is 0 Å². The number of rotatable bonds is 3. The van der Waals surface area contributed by atoms with Crippen molar-refractivity contribution in [1.29, 1.82) is 0 Å². The van der Waals surface area contributed by atoms with Crippen LogP contribution in [-0.4, -0.2) is 20.4 Å². The van der Waals surface area contributed by atoms with Gasteiger partial charge in [-0.1, -0.05) is 18.2 Å². The van der Waals surface area contributed by atoms with Crippen molar-refractivity contribution in [3.8, 4) is 5.75 Å². The highest BCUT2D eigenvalue weighted by atomic mass is 16.5. The Balaban J connectivity index is 3.05. The zero-order valence-corrected chi connectivity index (χ0v) is 8.82. The summed E-state index contributed by atoms with van der Waals surface area (Å²) >= 11 is 0. The van der Waals surface area contributed by atoms with Crippen LogP contribution in [0.15, 0.2) is 35.3 Å². The molecular weight excluding hydrogens is 174 g/mol. The number of para-hydroxylation sites is 1. The molecule has 0 fully saturated rings. The number of ether oxygens (including phenoxy) is 1. The van der Waals surface area contributed by atoms with Gasteiger partial charge in [0.15, 0.2) is 0 Å². The number of hydrogen-bond donors (Lipinski definition) is 0. The summed E-state index contributed by atoms with van der Waals surface area (Å²) in [5.41, 5.74) is 2.25. The maximum Gasteiger partial charge on any atom is 0.126 e. The average Bonchev–Trinajstić information content (AvgIpc) is 2.25. The summed E-state index contributed by atoms with van der Waals surface area (Å²) in [4.78, 5) is 3.91. The van der Waals surface area contributed by atoms with Gasteiger partial charge in [0.2, 0.25) is 0 Å². The minimum atomic E-state index is 0.894. The van der Waals surface area contributed by atoms with Crippen molar-refractivity contribution in [2.45, 2.75) is 6.92 Å². The molecule has 2 heteroatoms. The third-order valence-electron chi connectivity index (χ3n) is 2.01. The van der Waals surface area contributed by atoms with E-state index in [0.717, 1.165) is 16.9 Å². The van der Waals surface area contributed by atoms with E-state index in [-0.39, 0.29) is 0 Å². The Hall–Kier alpha value is -1.57. The maximum absolute atomic E-state index is 5.26. The standard InChI is InChI=1S/C12H15NO/c1-10(8-9-13-2)11-6-4-5-7-12(11)14-3/h4-9H,1-3H3/b10-8+,13-9?. The molecule has 14 heavy (non-hydrogen) atoms. The zero-order valence-electron chi connectivity index (χ0n) is 8.82. The lowest BCUT2D eigenvalue weighted by molar-refractivity contribution is 0.413. The summed E-state index contributed by atoms with van der Waals surface area (Å²) in [6.07, 6.45) is 3.75. The third kappa shape index (κ3) is 2.46. The van der Waals surface area contributed by atoms with Crippen molar-refractivity contribution in [3.05, 3.63) is 35.9 Å². The second kappa shape index (κ2) is 5.22. The number of nitrogens with zero attached hydrogens (tertiary/aromatic N) is 1. The van der Waals surface area contributed by atoms with E-state index in [1.165, 1.54) is 0 Å². The fraction of sp³-hybridized carbons (Fsp3) is 0.250. The number of aliphatic imine (C=N–C) groups is 1. The highest BCUT2D eigenvalue weighted by Gasteiger charge is 2.01. The number of benzene rings is 1. The largest absolute Gasteiger partial charge is 0.496 e. The number of allylic oxidation sites excluding steroid dienone is 2. The molecule has 74 valence electrons. The molecule has 0 aliphatic heterocycles. The number of hydrogen-bond acceptors (Lipinski definition) is 2. The van der Waals surface area contributed by atoms with Crippen molar-refractivity contribution in [2.75, 3.05) is 14.2 Å². The highest BCUT2D eigenvalue weighted by molar-refractivity contribution is 5.85. The molecule has 0 radical (unpaired) electrons. The van der Waals surface area contributed by atoms with Gasteiger partial charge in [0, 0.05) is 18.8 Å². The van der Waals surface area contributed by atoms with Crippen LogP contribution in [0.25, 0.3) is 5.57 Å². The summed E-state index contributed by atoms with van der Waals surface area (Å²) in [5.74, 6) is 0.894. The lowest BCUT2D eigenvalue weighted by Crippen LogP contribution is -1.89. The van der Waals surface area contributed by atoms with Crippen LogP contribution in [0.5, 0.6) is 5.75 Å². The molecule has 1 aromatic carbocycles. The van der Waals surface area contributed by atoms with Crippen LogP contribution < -0.4 is 4.74 Å². The molecule has 0 N–H and O–H groups in total. The Labute approximate surface area is 84.9 Å². The summed E-state index contributed by atoms with van der Waals surface area (Å²) in [5, 5.41) is 0. The van der Waals surface area contributed by atoms with Gasteiger partial charge in [0.1, 0.15) is 5.75 Å². The van der Waals surface area contributed by atoms with Gasteiger partial charge < -0.3 is 4.74 Å². The minimum Gasteiger partial charge on any atom is -0.496 e. The summed E-state index contributed by atoms with van der Waals surface area (Å²) < 4.78 is 5.26. The maximum atomic E-state index is 5.26. The summed E-state index contributed by atoms with van der Waals surface area (Å²) in [6, 6.07) is 7.95. The Morgan fingerprint density at radius 2 is 2.07 bits per heavy atom. The molecule has 0 heterocycles. The molecule has 0 aliphatic rings. The fourth-order valence-corrected chi connectivity index (χ4v) is 1.25. The van der Waals surface area contributed by atoms with Crippen molar-refractivity contribution < 1.29 is 4.74 Å². The van der Waals surface area contributed by atoms with E-state index in [4.69, 9.17) is 4.74 Å². The second-order valence-electron chi connectivity index (χ2n) is 2.96. The zero-order chi connectivity index (χ0) is 10.4. The van der Waals surface area contributed by atoms with E-state index in [1.807, 2.05) is 37.3 Å². The van der Waals surface area contributed by atoms with E-state index < -0.39 is 0 Å². The van der Waals surface area contributed by atoms with Crippen LogP contribution >= 0.6 is 0 Å². The summed E-state index contributed by atoms with van der Waals surface area (Å²) in [7, 11) is 3.44. The number of methoxy groups -OCH3 is 1.